The summed E-state index contributed by atoms with van der Waals surface area (Å²) in [5, 5.41) is 2.08. The normalized spacial score (nSPS) is 15.0. The van der Waals surface area contributed by atoms with Crippen molar-refractivity contribution in [3.8, 4) is 0 Å². The van der Waals surface area contributed by atoms with Crippen molar-refractivity contribution < 1.29 is 23.5 Å². The summed E-state index contributed by atoms with van der Waals surface area (Å²) < 4.78 is 13.2. The van der Waals surface area contributed by atoms with Gasteiger partial charge in [0.25, 0.3) is 5.78 Å². The first kappa shape index (κ1) is 29.3. The lowest BCUT2D eigenvalue weighted by atomic mass is 9.94. The van der Waals surface area contributed by atoms with Crippen molar-refractivity contribution in [1.82, 2.24) is 9.55 Å². The monoisotopic (exact) mass is 561 g/mol. The van der Waals surface area contributed by atoms with Crippen molar-refractivity contribution in [3.05, 3.63) is 71.5 Å². The van der Waals surface area contributed by atoms with Crippen molar-refractivity contribution in [3.63, 3.8) is 0 Å². The Kier molecular flexibility index (Phi) is 8.37. The number of nitrogens with zero attached hydrogens (tertiary/aromatic N) is 1. The number of amides is 1. The van der Waals surface area contributed by atoms with E-state index >= 15 is 0 Å². The summed E-state index contributed by atoms with van der Waals surface area (Å²) in [7, 11) is -0.567. The summed E-state index contributed by atoms with van der Waals surface area (Å²) in [5.41, 5.74) is 9.79. The van der Waals surface area contributed by atoms with Gasteiger partial charge >= 0.3 is 5.97 Å². The van der Waals surface area contributed by atoms with Crippen LogP contribution >= 0.6 is 0 Å². The Morgan fingerprint density at radius 2 is 1.77 bits per heavy atom. The fourth-order valence-corrected chi connectivity index (χ4v) is 5.99. The standard InChI is InChI=1S/C21H29NO4Si.C10H10N2O/c1-21(2,3)27(5,6)26-13-14-10-15-8-7-9-16-17(19(23)20(24)25-4)12-22(11-14)18(15)16;11-10(13)5-7-6-12-9-4-2-1-3-8(7)9/h7-9,12,14H,10-11,13H2,1-6H3;1-4,6,12H,5H2,(H2,11,13). The van der Waals surface area contributed by atoms with E-state index in [1.165, 1.54) is 12.7 Å². The van der Waals surface area contributed by atoms with Crippen LogP contribution in [0.4, 0.5) is 0 Å². The van der Waals surface area contributed by atoms with Gasteiger partial charge in [-0.1, -0.05) is 57.2 Å². The van der Waals surface area contributed by atoms with Crippen LogP contribution in [-0.2, 0) is 38.1 Å². The number of primary amides is 1. The highest BCUT2D eigenvalue weighted by Crippen LogP contribution is 2.38. The number of fused-ring (bicyclic) bond motifs is 1. The third kappa shape index (κ3) is 6.05. The Bertz CT molecular complexity index is 1560. The molecule has 0 saturated heterocycles. The van der Waals surface area contributed by atoms with E-state index in [0.717, 1.165) is 40.3 Å². The van der Waals surface area contributed by atoms with E-state index in [9.17, 15) is 14.4 Å². The highest BCUT2D eigenvalue weighted by atomic mass is 28.4. The summed E-state index contributed by atoms with van der Waals surface area (Å²) in [6.45, 7) is 12.8. The van der Waals surface area contributed by atoms with Crippen LogP contribution in [0, 0.1) is 5.92 Å². The molecule has 1 amide bonds. The number of rotatable bonds is 7. The summed E-state index contributed by atoms with van der Waals surface area (Å²) >= 11 is 0. The zero-order chi connectivity index (χ0) is 29.2. The Morgan fingerprint density at radius 3 is 2.45 bits per heavy atom. The summed E-state index contributed by atoms with van der Waals surface area (Å²) in [6.07, 6.45) is 4.84. The average molecular weight is 562 g/mol. The number of nitrogens with one attached hydrogen (secondary N) is 1. The smallest absolute Gasteiger partial charge is 0.379 e. The van der Waals surface area contributed by atoms with Crippen LogP contribution in [0.25, 0.3) is 21.8 Å². The van der Waals surface area contributed by atoms with Crippen molar-refractivity contribution >= 4 is 47.8 Å². The van der Waals surface area contributed by atoms with Gasteiger partial charge < -0.3 is 24.4 Å². The molecule has 8 nitrogen and oxygen atoms in total. The second-order valence-corrected chi connectivity index (χ2v) is 16.8. The molecule has 3 N–H and O–H groups in total. The first-order valence-corrected chi connectivity index (χ1v) is 16.4. The molecule has 0 fully saturated rings. The largest absolute Gasteiger partial charge is 0.463 e. The third-order valence-corrected chi connectivity index (χ3v) is 12.6. The number of carbonyl (C=O) groups is 3. The number of nitrogens with two attached hydrogens (primary N) is 1. The van der Waals surface area contributed by atoms with Crippen molar-refractivity contribution in [2.45, 2.75) is 58.3 Å². The van der Waals surface area contributed by atoms with Gasteiger partial charge in [0.15, 0.2) is 8.32 Å². The Morgan fingerprint density at radius 1 is 1.07 bits per heavy atom. The van der Waals surface area contributed by atoms with Gasteiger partial charge in [-0.2, -0.15) is 0 Å². The average Bonchev–Trinajstić information content (AvgIpc) is 3.48. The van der Waals surface area contributed by atoms with Crippen molar-refractivity contribution in [2.24, 2.45) is 11.7 Å². The molecule has 0 aliphatic carbocycles. The summed E-state index contributed by atoms with van der Waals surface area (Å²) in [6, 6.07) is 13.8. The van der Waals surface area contributed by atoms with E-state index in [4.69, 9.17) is 10.2 Å². The quantitative estimate of drug-likeness (QED) is 0.136. The Labute approximate surface area is 236 Å². The van der Waals surface area contributed by atoms with Gasteiger partial charge in [0, 0.05) is 47.8 Å². The van der Waals surface area contributed by atoms with E-state index < -0.39 is 20.1 Å². The van der Waals surface area contributed by atoms with Gasteiger partial charge in [0.1, 0.15) is 0 Å². The SMILES string of the molecule is COC(=O)C(=O)c1cn2c3c(cccc13)CC(CO[Si](C)(C)C(C)(C)C)C2.NC(=O)Cc1c[nH]c2ccccc12. The number of para-hydroxylation sites is 2. The van der Waals surface area contributed by atoms with E-state index in [1.807, 2.05) is 42.6 Å². The predicted octanol–water partition coefficient (Wildman–Crippen LogP) is 5.39. The lowest BCUT2D eigenvalue weighted by molar-refractivity contribution is -0.135. The van der Waals surface area contributed by atoms with Crippen LogP contribution in [0.1, 0.15) is 42.3 Å². The first-order chi connectivity index (χ1) is 18.8. The van der Waals surface area contributed by atoms with Gasteiger partial charge in [-0.05, 0) is 41.7 Å². The number of H-pyrrole nitrogens is 1. The molecule has 3 heterocycles. The van der Waals surface area contributed by atoms with Gasteiger partial charge in [0.05, 0.1) is 24.6 Å². The van der Waals surface area contributed by atoms with E-state index in [1.54, 1.807) is 6.20 Å². The first-order valence-electron chi connectivity index (χ1n) is 13.5. The number of ether oxygens (including phenoxy) is 1. The molecule has 0 saturated carbocycles. The minimum absolute atomic E-state index is 0.181. The lowest BCUT2D eigenvalue weighted by Gasteiger charge is -2.38. The van der Waals surface area contributed by atoms with Crippen molar-refractivity contribution in [1.29, 1.82) is 0 Å². The highest BCUT2D eigenvalue weighted by Gasteiger charge is 2.38. The van der Waals surface area contributed by atoms with Crippen LogP contribution in [0.2, 0.25) is 18.1 Å². The second kappa shape index (κ2) is 11.4. The van der Waals surface area contributed by atoms with E-state index in [2.05, 4.69) is 54.2 Å². The number of esters is 1. The number of aromatic amines is 1. The van der Waals surface area contributed by atoms with Crippen LogP contribution in [0.15, 0.2) is 54.9 Å². The molecule has 2 aromatic carbocycles. The van der Waals surface area contributed by atoms with Crippen LogP contribution in [-0.4, -0.2) is 49.2 Å². The summed E-state index contributed by atoms with van der Waals surface area (Å²) in [4.78, 5) is 37.9. The molecule has 5 rings (SSSR count). The number of ketones is 1. The number of methoxy groups -OCH3 is 1. The number of benzene rings is 2. The lowest BCUT2D eigenvalue weighted by Crippen LogP contribution is -2.42. The van der Waals surface area contributed by atoms with Crippen LogP contribution in [0.3, 0.4) is 0 Å². The number of Topliss-reactive ketones (excluding diaryl/α,β-unsaturated/α-hetero) is 1. The molecule has 0 spiro atoms. The number of hydrogen-bond acceptors (Lipinski definition) is 5. The molecule has 212 valence electrons. The molecule has 1 unspecified atom stereocenters. The highest BCUT2D eigenvalue weighted by molar-refractivity contribution is 6.74. The maximum Gasteiger partial charge on any atom is 0.379 e. The molecule has 0 bridgehead atoms. The van der Waals surface area contributed by atoms with Crippen LogP contribution < -0.4 is 5.73 Å². The second-order valence-electron chi connectivity index (χ2n) is 12.0. The molecular formula is C31H39N3O5Si. The van der Waals surface area contributed by atoms with E-state index in [0.29, 0.717) is 24.5 Å². The maximum absolute atomic E-state index is 12.4. The fraction of sp³-hybridized carbons (Fsp3) is 0.387. The fourth-order valence-electron chi connectivity index (χ4n) is 4.90. The molecule has 2 aromatic heterocycles. The molecule has 1 atom stereocenters. The Hall–Kier alpha value is -3.69. The number of carbonyl (C=O) groups excluding carboxylic acids is 3. The number of aromatic nitrogens is 2. The maximum atomic E-state index is 12.4. The predicted molar refractivity (Wildman–Crippen MR) is 160 cm³/mol. The molecule has 1 aliphatic heterocycles. The van der Waals surface area contributed by atoms with Crippen molar-refractivity contribution in [2.75, 3.05) is 13.7 Å². The topological polar surface area (TPSA) is 116 Å². The van der Waals surface area contributed by atoms with E-state index in [-0.39, 0.29) is 10.9 Å². The molecule has 1 aliphatic rings. The molecular weight excluding hydrogens is 522 g/mol. The number of hydrogen-bond donors (Lipinski definition) is 2. The molecule has 4 aromatic rings. The Balaban J connectivity index is 0.000000236. The minimum atomic E-state index is -1.80. The summed E-state index contributed by atoms with van der Waals surface area (Å²) in [5.74, 6) is -1.36. The van der Waals surface area contributed by atoms with Gasteiger partial charge in [-0.3, -0.25) is 9.59 Å². The van der Waals surface area contributed by atoms with Gasteiger partial charge in [0.2, 0.25) is 5.91 Å². The minimum Gasteiger partial charge on any atom is -0.463 e. The van der Waals surface area contributed by atoms with Crippen LogP contribution in [0.5, 0.6) is 0 Å². The van der Waals surface area contributed by atoms with Gasteiger partial charge in [-0.15, -0.1) is 0 Å². The zero-order valence-electron chi connectivity index (χ0n) is 24.2. The molecule has 40 heavy (non-hydrogen) atoms. The zero-order valence-corrected chi connectivity index (χ0v) is 25.2. The third-order valence-electron chi connectivity index (χ3n) is 8.09. The molecule has 0 radical (unpaired) electrons. The van der Waals surface area contributed by atoms with Gasteiger partial charge in [-0.25, -0.2) is 4.79 Å². The molecule has 9 heteroatoms.